The molecule has 1 N–H and O–H groups in total. The maximum atomic E-state index is 13.5. The fourth-order valence-corrected chi connectivity index (χ4v) is 5.84. The third-order valence-electron chi connectivity index (χ3n) is 6.26. The van der Waals surface area contributed by atoms with Crippen molar-refractivity contribution in [2.45, 2.75) is 38.5 Å². The van der Waals surface area contributed by atoms with Gasteiger partial charge in [0.2, 0.25) is 15.9 Å². The molecule has 7 nitrogen and oxygen atoms in total. The normalized spacial score (nSPS) is 11.6. The summed E-state index contributed by atoms with van der Waals surface area (Å²) in [6, 6.07) is 23.4. The smallest absolute Gasteiger partial charge is 0.243 e. The number of amides is 1. The molecule has 0 saturated heterocycles. The van der Waals surface area contributed by atoms with Crippen molar-refractivity contribution in [3.63, 3.8) is 0 Å². The summed E-state index contributed by atoms with van der Waals surface area (Å²) in [5.74, 6) is 0.0397. The average molecular weight is 551 g/mol. The molecule has 38 heavy (non-hydrogen) atoms. The van der Waals surface area contributed by atoms with Crippen LogP contribution >= 0.6 is 11.6 Å². The van der Waals surface area contributed by atoms with Crippen LogP contribution in [0.1, 0.15) is 31.0 Å². The molecule has 0 aliphatic heterocycles. The van der Waals surface area contributed by atoms with Crippen molar-refractivity contribution < 1.29 is 13.2 Å². The number of nitrogens with one attached hydrogen (secondary N) is 1. The number of para-hydroxylation sites is 1. The number of aryl methyl sites for hydroxylation is 2. The van der Waals surface area contributed by atoms with Crippen molar-refractivity contribution in [2.75, 3.05) is 18.4 Å². The SMILES string of the molecule is CCCCN(CC(=O)Nc1c(-c2ccccc2)c(C)nn1-c1ccccc1C)S(=O)(=O)c1ccc(Cl)cc1. The van der Waals surface area contributed by atoms with Gasteiger partial charge in [0.25, 0.3) is 0 Å². The molecule has 1 heterocycles. The molecule has 4 rings (SSSR count). The zero-order valence-corrected chi connectivity index (χ0v) is 23.3. The second-order valence-corrected chi connectivity index (χ2v) is 11.4. The van der Waals surface area contributed by atoms with Crippen LogP contribution in [0.25, 0.3) is 16.8 Å². The van der Waals surface area contributed by atoms with E-state index in [1.165, 1.54) is 28.6 Å². The number of anilines is 1. The van der Waals surface area contributed by atoms with Crippen LogP contribution in [0.15, 0.2) is 83.8 Å². The highest BCUT2D eigenvalue weighted by molar-refractivity contribution is 7.89. The molecule has 0 aliphatic rings. The Kier molecular flexibility index (Phi) is 8.66. The zero-order chi connectivity index (χ0) is 27.3. The van der Waals surface area contributed by atoms with Crippen LogP contribution in [0.3, 0.4) is 0 Å². The highest BCUT2D eigenvalue weighted by Crippen LogP contribution is 2.34. The monoisotopic (exact) mass is 550 g/mol. The molecule has 0 spiro atoms. The summed E-state index contributed by atoms with van der Waals surface area (Å²) in [5, 5.41) is 8.20. The van der Waals surface area contributed by atoms with Gasteiger partial charge in [-0.05, 0) is 61.7 Å². The largest absolute Gasteiger partial charge is 0.309 e. The molecule has 0 saturated carbocycles. The van der Waals surface area contributed by atoms with Crippen LogP contribution in [0.4, 0.5) is 5.82 Å². The van der Waals surface area contributed by atoms with Gasteiger partial charge in [0.1, 0.15) is 5.82 Å². The molecule has 0 atom stereocenters. The minimum atomic E-state index is -3.91. The summed E-state index contributed by atoms with van der Waals surface area (Å²) < 4.78 is 29.8. The standard InChI is InChI=1S/C29H31ClN4O3S/c1-4-5-19-33(38(36,37)25-17-15-24(30)16-18-25)20-27(35)31-29-28(23-12-7-6-8-13-23)22(3)32-34(29)26-14-10-9-11-21(26)2/h6-18H,4-5,19-20H2,1-3H3,(H,31,35). The van der Waals surface area contributed by atoms with Crippen LogP contribution in [0, 0.1) is 13.8 Å². The number of carbonyl (C=O) groups is 1. The van der Waals surface area contributed by atoms with Crippen LogP contribution in [0.5, 0.6) is 0 Å². The Morgan fingerprint density at radius 2 is 1.63 bits per heavy atom. The first-order valence-corrected chi connectivity index (χ1v) is 14.3. The average Bonchev–Trinajstić information content (AvgIpc) is 3.22. The van der Waals surface area contributed by atoms with E-state index in [-0.39, 0.29) is 18.0 Å². The number of halogens is 1. The van der Waals surface area contributed by atoms with Crippen LogP contribution in [-0.4, -0.2) is 41.5 Å². The number of nitrogens with zero attached hydrogens (tertiary/aromatic N) is 3. The van der Waals surface area contributed by atoms with Gasteiger partial charge in [-0.1, -0.05) is 73.5 Å². The Morgan fingerprint density at radius 1 is 0.974 bits per heavy atom. The maximum absolute atomic E-state index is 13.5. The van der Waals surface area contributed by atoms with E-state index in [1.807, 2.05) is 75.4 Å². The summed E-state index contributed by atoms with van der Waals surface area (Å²) >= 11 is 5.96. The number of unbranched alkanes of at least 4 members (excludes halogenated alkanes) is 1. The van der Waals surface area contributed by atoms with E-state index >= 15 is 0 Å². The van der Waals surface area contributed by atoms with E-state index in [1.54, 1.807) is 4.68 Å². The Bertz CT molecular complexity index is 1520. The van der Waals surface area contributed by atoms with E-state index < -0.39 is 15.9 Å². The first-order valence-electron chi connectivity index (χ1n) is 12.5. The van der Waals surface area contributed by atoms with E-state index in [4.69, 9.17) is 16.7 Å². The second kappa shape index (κ2) is 11.9. The summed E-state index contributed by atoms with van der Waals surface area (Å²) in [4.78, 5) is 13.6. The van der Waals surface area contributed by atoms with Crippen molar-refractivity contribution in [2.24, 2.45) is 0 Å². The number of aromatic nitrogens is 2. The third-order valence-corrected chi connectivity index (χ3v) is 8.37. The minimum Gasteiger partial charge on any atom is -0.309 e. The van der Waals surface area contributed by atoms with Gasteiger partial charge in [-0.3, -0.25) is 4.79 Å². The highest BCUT2D eigenvalue weighted by Gasteiger charge is 2.28. The second-order valence-electron chi connectivity index (χ2n) is 9.07. The molecule has 0 bridgehead atoms. The fraction of sp³-hybridized carbons (Fsp3) is 0.241. The van der Waals surface area contributed by atoms with Gasteiger partial charge in [0.05, 0.1) is 22.8 Å². The van der Waals surface area contributed by atoms with E-state index in [9.17, 15) is 13.2 Å². The van der Waals surface area contributed by atoms with Crippen LogP contribution < -0.4 is 5.32 Å². The third kappa shape index (κ3) is 5.99. The number of benzene rings is 3. The zero-order valence-electron chi connectivity index (χ0n) is 21.7. The molecule has 1 amide bonds. The van der Waals surface area contributed by atoms with Gasteiger partial charge in [-0.2, -0.15) is 9.40 Å². The lowest BCUT2D eigenvalue weighted by molar-refractivity contribution is -0.116. The summed E-state index contributed by atoms with van der Waals surface area (Å²) in [7, 11) is -3.91. The lowest BCUT2D eigenvalue weighted by atomic mass is 10.1. The van der Waals surface area contributed by atoms with Crippen molar-refractivity contribution >= 4 is 33.3 Å². The lowest BCUT2D eigenvalue weighted by Gasteiger charge is -2.22. The van der Waals surface area contributed by atoms with Crippen molar-refractivity contribution in [1.29, 1.82) is 0 Å². The van der Waals surface area contributed by atoms with E-state index in [2.05, 4.69) is 5.32 Å². The molecule has 4 aromatic rings. The molecular formula is C29H31ClN4O3S. The number of sulfonamides is 1. The Morgan fingerprint density at radius 3 is 2.29 bits per heavy atom. The molecule has 0 fully saturated rings. The van der Waals surface area contributed by atoms with E-state index in [0.717, 1.165) is 34.5 Å². The summed E-state index contributed by atoms with van der Waals surface area (Å²) in [6.45, 7) is 5.73. The van der Waals surface area contributed by atoms with Gasteiger partial charge >= 0.3 is 0 Å². The molecular weight excluding hydrogens is 520 g/mol. The summed E-state index contributed by atoms with van der Waals surface area (Å²) in [6.07, 6.45) is 1.40. The molecule has 1 aromatic heterocycles. The maximum Gasteiger partial charge on any atom is 0.243 e. The van der Waals surface area contributed by atoms with Gasteiger partial charge in [-0.15, -0.1) is 0 Å². The van der Waals surface area contributed by atoms with Crippen LogP contribution in [0.2, 0.25) is 5.02 Å². The van der Waals surface area contributed by atoms with Crippen molar-refractivity contribution in [3.05, 3.63) is 95.1 Å². The Balaban J connectivity index is 1.72. The summed E-state index contributed by atoms with van der Waals surface area (Å²) in [5.41, 5.74) is 4.23. The van der Waals surface area contributed by atoms with Gasteiger partial charge in [0.15, 0.2) is 0 Å². The first-order chi connectivity index (χ1) is 18.2. The molecule has 0 unspecified atom stereocenters. The topological polar surface area (TPSA) is 84.3 Å². The quantitative estimate of drug-likeness (QED) is 0.253. The predicted molar refractivity (Wildman–Crippen MR) is 152 cm³/mol. The van der Waals surface area contributed by atoms with Gasteiger partial charge in [-0.25, -0.2) is 13.1 Å². The van der Waals surface area contributed by atoms with Crippen molar-refractivity contribution in [1.82, 2.24) is 14.1 Å². The first kappa shape index (κ1) is 27.6. The highest BCUT2D eigenvalue weighted by atomic mass is 35.5. The van der Waals surface area contributed by atoms with Crippen LogP contribution in [-0.2, 0) is 14.8 Å². The molecule has 3 aromatic carbocycles. The van der Waals surface area contributed by atoms with Gasteiger partial charge in [0, 0.05) is 17.1 Å². The van der Waals surface area contributed by atoms with Crippen molar-refractivity contribution in [3.8, 4) is 16.8 Å². The Labute approximate surface area is 229 Å². The predicted octanol–water partition coefficient (Wildman–Crippen LogP) is 6.24. The number of carbonyl (C=O) groups excluding carboxylic acids is 1. The molecule has 0 radical (unpaired) electrons. The fourth-order valence-electron chi connectivity index (χ4n) is 4.27. The molecule has 0 aliphatic carbocycles. The minimum absolute atomic E-state index is 0.0941. The number of hydrogen-bond acceptors (Lipinski definition) is 4. The molecule has 198 valence electrons. The Hall–Kier alpha value is -3.46. The van der Waals surface area contributed by atoms with E-state index in [0.29, 0.717) is 17.3 Å². The lowest BCUT2D eigenvalue weighted by Crippen LogP contribution is -2.39. The van der Waals surface area contributed by atoms with Gasteiger partial charge < -0.3 is 5.32 Å². The number of rotatable bonds is 10. The number of hydrogen-bond donors (Lipinski definition) is 1. The molecule has 9 heteroatoms.